The van der Waals surface area contributed by atoms with Crippen molar-refractivity contribution in [2.75, 3.05) is 13.2 Å². The fraction of sp³-hybridized carbons (Fsp3) is 0.348. The van der Waals surface area contributed by atoms with Gasteiger partial charge in [-0.05, 0) is 18.1 Å². The maximum Gasteiger partial charge on any atom is 0.407 e. The molecule has 0 bridgehead atoms. The molecule has 0 saturated carbocycles. The number of benzene rings is 2. The van der Waals surface area contributed by atoms with Crippen LogP contribution in [-0.2, 0) is 20.9 Å². The highest BCUT2D eigenvalue weighted by atomic mass is 16.5. The minimum absolute atomic E-state index is 0.00179. The lowest BCUT2D eigenvalue weighted by Crippen LogP contribution is -2.35. The number of rotatable bonds is 11. The Balaban J connectivity index is 1.78. The Bertz CT molecular complexity index is 852. The largest absolute Gasteiger partial charge is 0.466 e. The van der Waals surface area contributed by atoms with Crippen LogP contribution in [0.2, 0.25) is 0 Å². The topological polar surface area (TPSA) is 122 Å². The average Bonchev–Trinajstić information content (AvgIpc) is 2.80. The highest BCUT2D eigenvalue weighted by Crippen LogP contribution is 2.18. The molecular formula is C23H27NO7. The summed E-state index contributed by atoms with van der Waals surface area (Å²) >= 11 is 0. The average molecular weight is 429 g/mol. The lowest BCUT2D eigenvalue weighted by Gasteiger charge is -2.19. The molecule has 2 aromatic rings. The smallest absolute Gasteiger partial charge is 0.407 e. The molecule has 3 N–H and O–H groups in total. The number of ketones is 1. The van der Waals surface area contributed by atoms with Crippen LogP contribution in [0.5, 0.6) is 0 Å². The summed E-state index contributed by atoms with van der Waals surface area (Å²) in [5.41, 5.74) is 1.60. The number of alkyl carbamates (subject to hydrolysis) is 1. The van der Waals surface area contributed by atoms with Crippen LogP contribution in [0.25, 0.3) is 0 Å². The zero-order valence-electron chi connectivity index (χ0n) is 17.3. The number of Topliss-reactive ketones (excluding diaryl/α,β-unsaturated/α-hetero) is 1. The highest BCUT2D eigenvalue weighted by molar-refractivity contribution is 5.97. The third kappa shape index (κ3) is 8.19. The summed E-state index contributed by atoms with van der Waals surface area (Å²) in [4.78, 5) is 35.2. The molecule has 0 aliphatic rings. The van der Waals surface area contributed by atoms with Crippen molar-refractivity contribution in [1.29, 1.82) is 0 Å². The van der Waals surface area contributed by atoms with Crippen molar-refractivity contribution in [2.24, 2.45) is 0 Å². The Morgan fingerprint density at radius 1 is 0.935 bits per heavy atom. The summed E-state index contributed by atoms with van der Waals surface area (Å²) in [5.74, 6) is -0.654. The van der Waals surface area contributed by atoms with Gasteiger partial charge in [0.25, 0.3) is 0 Å². The van der Waals surface area contributed by atoms with Crippen molar-refractivity contribution in [1.82, 2.24) is 5.32 Å². The zero-order valence-corrected chi connectivity index (χ0v) is 17.3. The molecule has 1 amide bonds. The van der Waals surface area contributed by atoms with E-state index in [1.807, 2.05) is 30.3 Å². The molecular weight excluding hydrogens is 402 g/mol. The first-order chi connectivity index (χ1) is 14.9. The number of amides is 1. The number of ether oxygens (including phenoxy) is 2. The Labute approximate surface area is 180 Å². The van der Waals surface area contributed by atoms with Crippen LogP contribution < -0.4 is 5.32 Å². The highest BCUT2D eigenvalue weighted by Gasteiger charge is 2.20. The van der Waals surface area contributed by atoms with Gasteiger partial charge in [-0.3, -0.25) is 9.59 Å². The van der Waals surface area contributed by atoms with E-state index in [-0.39, 0.29) is 38.4 Å². The van der Waals surface area contributed by atoms with E-state index < -0.39 is 24.3 Å². The number of nitrogens with one attached hydrogen (secondary N) is 1. The number of esters is 1. The predicted molar refractivity (Wildman–Crippen MR) is 112 cm³/mol. The van der Waals surface area contributed by atoms with E-state index in [4.69, 9.17) is 9.47 Å². The van der Waals surface area contributed by atoms with Gasteiger partial charge in [0.15, 0.2) is 5.78 Å². The Morgan fingerprint density at radius 3 is 2.26 bits per heavy atom. The number of aliphatic hydroxyl groups excluding tert-OH is 2. The van der Waals surface area contributed by atoms with Crippen molar-refractivity contribution in [2.45, 2.75) is 38.6 Å². The van der Waals surface area contributed by atoms with Crippen LogP contribution >= 0.6 is 0 Å². The normalized spacial score (nSPS) is 12.5. The van der Waals surface area contributed by atoms with Crippen LogP contribution in [0.3, 0.4) is 0 Å². The second-order valence-corrected chi connectivity index (χ2v) is 6.81. The summed E-state index contributed by atoms with van der Waals surface area (Å²) in [6, 6.07) is 15.2. The maximum atomic E-state index is 12.1. The summed E-state index contributed by atoms with van der Waals surface area (Å²) in [6.45, 7) is 1.84. The predicted octanol–water partition coefficient (Wildman–Crippen LogP) is 2.53. The van der Waals surface area contributed by atoms with Gasteiger partial charge < -0.3 is 25.0 Å². The molecule has 0 aliphatic carbocycles. The van der Waals surface area contributed by atoms with Crippen molar-refractivity contribution >= 4 is 17.8 Å². The van der Waals surface area contributed by atoms with Crippen molar-refractivity contribution in [3.05, 3.63) is 71.3 Å². The van der Waals surface area contributed by atoms with Gasteiger partial charge in [-0.1, -0.05) is 54.6 Å². The molecule has 0 heterocycles. The van der Waals surface area contributed by atoms with Gasteiger partial charge in [-0.25, -0.2) is 4.79 Å². The van der Waals surface area contributed by atoms with E-state index in [1.165, 1.54) is 24.3 Å². The monoisotopic (exact) mass is 429 g/mol. The maximum absolute atomic E-state index is 12.1. The minimum atomic E-state index is -1.27. The number of carbonyl (C=O) groups excluding carboxylic acids is 3. The van der Waals surface area contributed by atoms with E-state index >= 15 is 0 Å². The van der Waals surface area contributed by atoms with Gasteiger partial charge in [0, 0.05) is 18.5 Å². The molecule has 0 saturated heterocycles. The van der Waals surface area contributed by atoms with E-state index in [2.05, 4.69) is 5.32 Å². The number of carbonyl (C=O) groups is 3. The first kappa shape index (κ1) is 24.0. The molecule has 0 radical (unpaired) electrons. The Kier molecular flexibility index (Phi) is 9.67. The molecule has 166 valence electrons. The molecule has 2 aromatic carbocycles. The molecule has 0 aromatic heterocycles. The first-order valence-corrected chi connectivity index (χ1v) is 10.00. The molecule has 2 rings (SSSR count). The Morgan fingerprint density at radius 2 is 1.61 bits per heavy atom. The Hall–Kier alpha value is -3.23. The molecule has 8 nitrogen and oxygen atoms in total. The fourth-order valence-corrected chi connectivity index (χ4v) is 2.76. The molecule has 8 heteroatoms. The molecule has 31 heavy (non-hydrogen) atoms. The van der Waals surface area contributed by atoms with Crippen molar-refractivity contribution in [3.8, 4) is 0 Å². The third-order valence-corrected chi connectivity index (χ3v) is 4.47. The van der Waals surface area contributed by atoms with E-state index in [1.54, 1.807) is 6.92 Å². The zero-order chi connectivity index (χ0) is 22.6. The summed E-state index contributed by atoms with van der Waals surface area (Å²) < 4.78 is 9.84. The second kappa shape index (κ2) is 12.5. The van der Waals surface area contributed by atoms with Crippen molar-refractivity contribution < 1.29 is 34.1 Å². The van der Waals surface area contributed by atoms with Crippen LogP contribution in [0.1, 0.15) is 47.4 Å². The fourth-order valence-electron chi connectivity index (χ4n) is 2.76. The van der Waals surface area contributed by atoms with Gasteiger partial charge in [-0.15, -0.1) is 0 Å². The second-order valence-electron chi connectivity index (χ2n) is 6.81. The summed E-state index contributed by atoms with van der Waals surface area (Å²) in [5, 5.41) is 22.8. The summed E-state index contributed by atoms with van der Waals surface area (Å²) in [6.07, 6.45) is -3.22. The van der Waals surface area contributed by atoms with Gasteiger partial charge in [0.05, 0.1) is 13.0 Å². The molecule has 0 spiro atoms. The minimum Gasteiger partial charge on any atom is -0.466 e. The van der Waals surface area contributed by atoms with E-state index in [0.29, 0.717) is 11.1 Å². The molecule has 0 fully saturated rings. The van der Waals surface area contributed by atoms with E-state index in [9.17, 15) is 24.6 Å². The van der Waals surface area contributed by atoms with Gasteiger partial charge in [0.2, 0.25) is 0 Å². The van der Waals surface area contributed by atoms with Crippen LogP contribution in [0.15, 0.2) is 54.6 Å². The van der Waals surface area contributed by atoms with Crippen LogP contribution in [0.4, 0.5) is 4.79 Å². The third-order valence-electron chi connectivity index (χ3n) is 4.47. The van der Waals surface area contributed by atoms with Crippen LogP contribution in [-0.4, -0.2) is 47.3 Å². The van der Waals surface area contributed by atoms with Crippen molar-refractivity contribution in [3.63, 3.8) is 0 Å². The first-order valence-electron chi connectivity index (χ1n) is 10.00. The van der Waals surface area contributed by atoms with Gasteiger partial charge in [0.1, 0.15) is 18.8 Å². The molecule has 2 unspecified atom stereocenters. The number of hydrogen-bond donors (Lipinski definition) is 3. The SMILES string of the molecule is CCOC(=O)CCC(=O)c1ccc(C(O)C(O)CNC(=O)OCc2ccccc2)cc1. The quantitative estimate of drug-likeness (QED) is 0.371. The van der Waals surface area contributed by atoms with Gasteiger partial charge in [-0.2, -0.15) is 0 Å². The summed E-state index contributed by atoms with van der Waals surface area (Å²) in [7, 11) is 0. The standard InChI is InChI=1S/C23H27NO7/c1-2-30-21(27)13-12-19(25)17-8-10-18(11-9-17)22(28)20(26)14-24-23(29)31-15-16-6-4-3-5-7-16/h3-11,20,22,26,28H,2,12-15H2,1H3,(H,24,29). The van der Waals surface area contributed by atoms with E-state index in [0.717, 1.165) is 5.56 Å². The number of aliphatic hydroxyl groups is 2. The lowest BCUT2D eigenvalue weighted by atomic mass is 10.00. The van der Waals surface area contributed by atoms with Gasteiger partial charge >= 0.3 is 12.1 Å². The number of hydrogen-bond acceptors (Lipinski definition) is 7. The molecule has 2 atom stereocenters. The lowest BCUT2D eigenvalue weighted by molar-refractivity contribution is -0.143. The molecule has 0 aliphatic heterocycles. The van der Waals surface area contributed by atoms with Crippen LogP contribution in [0, 0.1) is 0 Å².